The number of amides is 1. The lowest BCUT2D eigenvalue weighted by atomic mass is 9.96. The number of anilines is 1. The molecule has 0 bridgehead atoms. The number of nitrogens with zero attached hydrogens (tertiary/aromatic N) is 3. The second-order valence-electron chi connectivity index (χ2n) is 6.17. The summed E-state index contributed by atoms with van der Waals surface area (Å²) in [6.07, 6.45) is 0. The highest BCUT2D eigenvalue weighted by Gasteiger charge is 2.38. The van der Waals surface area contributed by atoms with E-state index in [1.165, 1.54) is 0 Å². The van der Waals surface area contributed by atoms with Crippen molar-refractivity contribution >= 4 is 23.2 Å². The quantitative estimate of drug-likeness (QED) is 0.832. The lowest BCUT2D eigenvalue weighted by Crippen LogP contribution is -2.45. The molecule has 2 saturated heterocycles. The molecule has 0 unspecified atom stereocenters. The number of rotatable bonds is 2. The molecule has 1 aromatic rings. The first-order valence-electron chi connectivity index (χ1n) is 7.92. The van der Waals surface area contributed by atoms with E-state index in [0.29, 0.717) is 43.4 Å². The lowest BCUT2D eigenvalue weighted by molar-refractivity contribution is -0.140. The molecule has 2 atom stereocenters. The monoisotopic (exact) mass is 333 g/mol. The highest BCUT2D eigenvalue weighted by atomic mass is 35.5. The van der Waals surface area contributed by atoms with Gasteiger partial charge in [0.15, 0.2) is 0 Å². The van der Waals surface area contributed by atoms with E-state index in [9.17, 15) is 10.1 Å². The normalized spacial score (nSPS) is 24.6. The number of carbonyl (C=O) groups excluding carboxylic acids is 1. The molecule has 1 amide bonds. The second-order valence-corrected chi connectivity index (χ2v) is 6.58. The van der Waals surface area contributed by atoms with E-state index in [1.54, 1.807) is 18.2 Å². The summed E-state index contributed by atoms with van der Waals surface area (Å²) in [5.41, 5.74) is 1.31. The van der Waals surface area contributed by atoms with E-state index in [1.807, 2.05) is 4.90 Å². The van der Waals surface area contributed by atoms with Crippen LogP contribution >= 0.6 is 11.6 Å². The first-order valence-corrected chi connectivity index (χ1v) is 8.29. The van der Waals surface area contributed by atoms with Crippen LogP contribution in [0.5, 0.6) is 0 Å². The molecule has 0 aliphatic carbocycles. The standard InChI is InChI=1S/C17H20ClN3O2/c1-12-10-21(16-13(9-19)3-2-4-15(16)18)11-14(12)17(22)20-5-7-23-8-6-20/h2-4,12,14H,5-8,10-11H2,1H3/t12-,14-/m1/s1. The number of halogens is 1. The fraction of sp³-hybridized carbons (Fsp3) is 0.529. The van der Waals surface area contributed by atoms with Crippen molar-refractivity contribution in [3.63, 3.8) is 0 Å². The van der Waals surface area contributed by atoms with Crippen LogP contribution in [0.3, 0.4) is 0 Å². The first kappa shape index (κ1) is 16.1. The molecule has 2 aliphatic heterocycles. The third-order valence-corrected chi connectivity index (χ3v) is 4.98. The zero-order valence-electron chi connectivity index (χ0n) is 13.2. The maximum atomic E-state index is 12.8. The zero-order chi connectivity index (χ0) is 16.4. The molecule has 0 radical (unpaired) electrons. The van der Waals surface area contributed by atoms with Gasteiger partial charge in [0, 0.05) is 26.2 Å². The highest BCUT2D eigenvalue weighted by molar-refractivity contribution is 6.33. The van der Waals surface area contributed by atoms with E-state index >= 15 is 0 Å². The summed E-state index contributed by atoms with van der Waals surface area (Å²) in [7, 11) is 0. The van der Waals surface area contributed by atoms with Gasteiger partial charge in [0.25, 0.3) is 0 Å². The summed E-state index contributed by atoms with van der Waals surface area (Å²) in [4.78, 5) is 16.7. The Labute approximate surface area is 141 Å². The van der Waals surface area contributed by atoms with Gasteiger partial charge >= 0.3 is 0 Å². The molecule has 122 valence electrons. The molecule has 2 fully saturated rings. The van der Waals surface area contributed by atoms with E-state index in [0.717, 1.165) is 12.2 Å². The predicted octanol–water partition coefficient (Wildman–Crippen LogP) is 2.14. The molecule has 2 aliphatic rings. The van der Waals surface area contributed by atoms with Crippen molar-refractivity contribution in [3.05, 3.63) is 28.8 Å². The van der Waals surface area contributed by atoms with Gasteiger partial charge in [0.2, 0.25) is 5.91 Å². The fourth-order valence-electron chi connectivity index (χ4n) is 3.42. The fourth-order valence-corrected chi connectivity index (χ4v) is 3.71. The summed E-state index contributed by atoms with van der Waals surface area (Å²) >= 11 is 6.31. The molecule has 0 N–H and O–H groups in total. The van der Waals surface area contributed by atoms with E-state index in [2.05, 4.69) is 17.9 Å². The van der Waals surface area contributed by atoms with Crippen molar-refractivity contribution in [1.29, 1.82) is 5.26 Å². The predicted molar refractivity (Wildman–Crippen MR) is 88.4 cm³/mol. The lowest BCUT2D eigenvalue weighted by Gasteiger charge is -2.30. The van der Waals surface area contributed by atoms with Crippen molar-refractivity contribution in [1.82, 2.24) is 4.90 Å². The van der Waals surface area contributed by atoms with Crippen LogP contribution in [0, 0.1) is 23.2 Å². The van der Waals surface area contributed by atoms with Crippen molar-refractivity contribution in [2.24, 2.45) is 11.8 Å². The third kappa shape index (κ3) is 3.15. The van der Waals surface area contributed by atoms with Gasteiger partial charge in [-0.15, -0.1) is 0 Å². The number of nitriles is 1. The maximum absolute atomic E-state index is 12.8. The summed E-state index contributed by atoms with van der Waals surface area (Å²) in [5.74, 6) is 0.359. The number of carbonyl (C=O) groups is 1. The van der Waals surface area contributed by atoms with Gasteiger partial charge in [-0.3, -0.25) is 4.79 Å². The number of morpholine rings is 1. The van der Waals surface area contributed by atoms with Crippen molar-refractivity contribution in [2.45, 2.75) is 6.92 Å². The Morgan fingerprint density at radius 1 is 1.35 bits per heavy atom. The second kappa shape index (κ2) is 6.77. The Morgan fingerprint density at radius 2 is 2.09 bits per heavy atom. The SMILES string of the molecule is C[C@@H]1CN(c2c(Cl)cccc2C#N)C[C@H]1C(=O)N1CCOCC1. The molecule has 0 spiro atoms. The molecule has 5 nitrogen and oxygen atoms in total. The Bertz CT molecular complexity index is 637. The third-order valence-electron chi connectivity index (χ3n) is 4.68. The van der Waals surface area contributed by atoms with Crippen LogP contribution in [0.1, 0.15) is 12.5 Å². The number of para-hydroxylation sites is 1. The van der Waals surface area contributed by atoms with Crippen molar-refractivity contribution < 1.29 is 9.53 Å². The summed E-state index contributed by atoms with van der Waals surface area (Å²) in [6, 6.07) is 7.53. The molecule has 3 rings (SSSR count). The number of benzene rings is 1. The maximum Gasteiger partial charge on any atom is 0.227 e. The molecular weight excluding hydrogens is 314 g/mol. The van der Waals surface area contributed by atoms with Crippen molar-refractivity contribution in [2.75, 3.05) is 44.3 Å². The molecule has 2 heterocycles. The van der Waals surface area contributed by atoms with E-state index in [-0.39, 0.29) is 17.7 Å². The molecule has 6 heteroatoms. The van der Waals surface area contributed by atoms with Gasteiger partial charge in [0.05, 0.1) is 35.4 Å². The Morgan fingerprint density at radius 3 is 2.78 bits per heavy atom. The first-order chi connectivity index (χ1) is 11.1. The smallest absolute Gasteiger partial charge is 0.227 e. The highest BCUT2D eigenvalue weighted by Crippen LogP contribution is 2.36. The zero-order valence-corrected chi connectivity index (χ0v) is 13.9. The van der Waals surface area contributed by atoms with E-state index in [4.69, 9.17) is 16.3 Å². The van der Waals surface area contributed by atoms with Gasteiger partial charge in [-0.2, -0.15) is 5.26 Å². The van der Waals surface area contributed by atoms with Crippen LogP contribution in [-0.4, -0.2) is 50.2 Å². The van der Waals surface area contributed by atoms with Crippen LogP contribution in [0.2, 0.25) is 5.02 Å². The van der Waals surface area contributed by atoms with Gasteiger partial charge < -0.3 is 14.5 Å². The van der Waals surface area contributed by atoms with Crippen LogP contribution in [0.25, 0.3) is 0 Å². The van der Waals surface area contributed by atoms with Gasteiger partial charge in [-0.25, -0.2) is 0 Å². The Balaban J connectivity index is 1.79. The van der Waals surface area contributed by atoms with Crippen LogP contribution < -0.4 is 4.90 Å². The van der Waals surface area contributed by atoms with Crippen LogP contribution in [0.4, 0.5) is 5.69 Å². The average molecular weight is 334 g/mol. The molecule has 1 aromatic carbocycles. The van der Waals surface area contributed by atoms with Crippen LogP contribution in [0.15, 0.2) is 18.2 Å². The Kier molecular flexibility index (Phi) is 4.74. The topological polar surface area (TPSA) is 56.6 Å². The number of hydrogen-bond acceptors (Lipinski definition) is 4. The van der Waals surface area contributed by atoms with Crippen LogP contribution in [-0.2, 0) is 9.53 Å². The number of ether oxygens (including phenoxy) is 1. The summed E-state index contributed by atoms with van der Waals surface area (Å²) in [5, 5.41) is 9.89. The van der Waals surface area contributed by atoms with Gasteiger partial charge in [0.1, 0.15) is 6.07 Å². The molecule has 0 saturated carbocycles. The number of hydrogen-bond donors (Lipinski definition) is 0. The minimum atomic E-state index is -0.0593. The largest absolute Gasteiger partial charge is 0.378 e. The molecular formula is C17H20ClN3O2. The minimum absolute atomic E-state index is 0.0593. The van der Waals surface area contributed by atoms with Gasteiger partial charge in [-0.05, 0) is 18.1 Å². The van der Waals surface area contributed by atoms with Crippen molar-refractivity contribution in [3.8, 4) is 6.07 Å². The van der Waals surface area contributed by atoms with Gasteiger partial charge in [-0.1, -0.05) is 24.6 Å². The molecule has 23 heavy (non-hydrogen) atoms. The average Bonchev–Trinajstić information content (AvgIpc) is 2.96. The Hall–Kier alpha value is -1.77. The van der Waals surface area contributed by atoms with E-state index < -0.39 is 0 Å². The minimum Gasteiger partial charge on any atom is -0.378 e. The molecule has 0 aromatic heterocycles. The summed E-state index contributed by atoms with van der Waals surface area (Å²) in [6.45, 7) is 5.98. The summed E-state index contributed by atoms with van der Waals surface area (Å²) < 4.78 is 5.32.